The summed E-state index contributed by atoms with van der Waals surface area (Å²) < 4.78 is 0. The molecule has 0 heterocycles. The Kier molecular flexibility index (Phi) is 5.26. The smallest absolute Gasteiger partial charge is 0.321 e. The first kappa shape index (κ1) is 14.6. The quantitative estimate of drug-likeness (QED) is 0.367. The second-order valence-corrected chi connectivity index (χ2v) is 4.82. The molecule has 0 aliphatic heterocycles. The highest BCUT2D eigenvalue weighted by atomic mass is 32.2. The molecule has 0 fully saturated rings. The minimum atomic E-state index is -1.11. The highest BCUT2D eigenvalue weighted by Gasteiger charge is 2.15. The van der Waals surface area contributed by atoms with E-state index in [0.717, 1.165) is 17.3 Å². The number of aliphatic carboxylic acids is 1. The minimum absolute atomic E-state index is 0.106. The number of phenolic OH excluding ortho intramolecular Hbond substituents is 2. The number of rotatable bonds is 6. The molecule has 0 aromatic heterocycles. The van der Waals surface area contributed by atoms with Crippen LogP contribution in [0.25, 0.3) is 0 Å². The van der Waals surface area contributed by atoms with Crippen LogP contribution in [0.3, 0.4) is 0 Å². The lowest BCUT2D eigenvalue weighted by atomic mass is 10.1. The molecule has 0 saturated heterocycles. The van der Waals surface area contributed by atoms with E-state index in [1.807, 2.05) is 0 Å². The van der Waals surface area contributed by atoms with Gasteiger partial charge < -0.3 is 26.8 Å². The Morgan fingerprint density at radius 3 is 2.61 bits per heavy atom. The maximum absolute atomic E-state index is 10.6. The van der Waals surface area contributed by atoms with Crippen LogP contribution >= 0.6 is 11.8 Å². The van der Waals surface area contributed by atoms with Crippen LogP contribution < -0.4 is 11.5 Å². The second kappa shape index (κ2) is 6.48. The van der Waals surface area contributed by atoms with E-state index < -0.39 is 12.0 Å². The van der Waals surface area contributed by atoms with E-state index >= 15 is 0 Å². The number of hydrogen-bond acceptors (Lipinski definition) is 6. The monoisotopic (exact) mass is 272 g/mol. The molecule has 0 aliphatic carbocycles. The summed E-state index contributed by atoms with van der Waals surface area (Å²) in [5.41, 5.74) is 11.6. The van der Waals surface area contributed by atoms with Crippen LogP contribution in [0.1, 0.15) is 5.56 Å². The Labute approximate surface area is 109 Å². The number of carbonyl (C=O) groups is 1. The molecular formula is C11H16N2O4S. The molecular weight excluding hydrogens is 256 g/mol. The molecule has 0 spiro atoms. The summed E-state index contributed by atoms with van der Waals surface area (Å²) in [6.07, 6.45) is 0.562. The lowest BCUT2D eigenvalue weighted by Crippen LogP contribution is -2.32. The van der Waals surface area contributed by atoms with Crippen LogP contribution in [0.4, 0.5) is 0 Å². The van der Waals surface area contributed by atoms with Crippen molar-refractivity contribution >= 4 is 17.7 Å². The van der Waals surface area contributed by atoms with Crippen molar-refractivity contribution in [3.8, 4) is 11.5 Å². The molecule has 0 saturated carbocycles. The van der Waals surface area contributed by atoms with Gasteiger partial charge in [-0.1, -0.05) is 0 Å². The van der Waals surface area contributed by atoms with E-state index in [4.69, 9.17) is 16.6 Å². The van der Waals surface area contributed by atoms with Crippen molar-refractivity contribution in [2.75, 3.05) is 12.3 Å². The minimum Gasteiger partial charge on any atom is -0.504 e. The Bertz CT molecular complexity index is 439. The van der Waals surface area contributed by atoms with Gasteiger partial charge in [-0.05, 0) is 30.7 Å². The van der Waals surface area contributed by atoms with Crippen molar-refractivity contribution in [1.29, 1.82) is 0 Å². The molecule has 0 bridgehead atoms. The predicted molar refractivity (Wildman–Crippen MR) is 68.9 cm³/mol. The van der Waals surface area contributed by atoms with Crippen molar-refractivity contribution in [2.45, 2.75) is 17.4 Å². The van der Waals surface area contributed by atoms with E-state index in [2.05, 4.69) is 0 Å². The van der Waals surface area contributed by atoms with Crippen LogP contribution in [0.5, 0.6) is 11.5 Å². The molecule has 1 aromatic carbocycles. The number of nitrogens with two attached hydrogens (primary N) is 2. The molecule has 7 N–H and O–H groups in total. The third-order valence-corrected chi connectivity index (χ3v) is 3.43. The molecule has 1 aromatic rings. The zero-order valence-corrected chi connectivity index (χ0v) is 10.5. The lowest BCUT2D eigenvalue weighted by Gasteiger charge is -2.10. The van der Waals surface area contributed by atoms with Gasteiger partial charge in [0.1, 0.15) is 6.04 Å². The number of carboxylic acid groups (broad SMARTS) is 1. The van der Waals surface area contributed by atoms with Crippen LogP contribution in [0.2, 0.25) is 0 Å². The summed E-state index contributed by atoms with van der Waals surface area (Å²) in [6.45, 7) is 0.420. The number of hydrogen-bond donors (Lipinski definition) is 5. The maximum atomic E-state index is 10.6. The molecule has 18 heavy (non-hydrogen) atoms. The average Bonchev–Trinajstić information content (AvgIpc) is 2.31. The normalized spacial score (nSPS) is 12.3. The molecule has 0 amide bonds. The SMILES string of the molecule is NCCc1cc(O)c(O)c(SC[C@H](N)C(=O)O)c1. The van der Waals surface area contributed by atoms with Crippen molar-refractivity contribution in [1.82, 2.24) is 0 Å². The van der Waals surface area contributed by atoms with Crippen LogP contribution in [-0.2, 0) is 11.2 Å². The Morgan fingerprint density at radius 1 is 1.39 bits per heavy atom. The first-order valence-electron chi connectivity index (χ1n) is 5.31. The fourth-order valence-electron chi connectivity index (χ4n) is 1.32. The van der Waals surface area contributed by atoms with Gasteiger partial charge in [-0.25, -0.2) is 0 Å². The second-order valence-electron chi connectivity index (χ2n) is 3.76. The van der Waals surface area contributed by atoms with Crippen LogP contribution in [-0.4, -0.2) is 39.6 Å². The summed E-state index contributed by atoms with van der Waals surface area (Å²) in [5, 5.41) is 27.8. The van der Waals surface area contributed by atoms with Gasteiger partial charge >= 0.3 is 5.97 Å². The number of phenols is 2. The van der Waals surface area contributed by atoms with Gasteiger partial charge in [-0.3, -0.25) is 4.79 Å². The van der Waals surface area contributed by atoms with Crippen molar-refractivity contribution in [3.63, 3.8) is 0 Å². The van der Waals surface area contributed by atoms with Gasteiger partial charge in [0.2, 0.25) is 0 Å². The third-order valence-electron chi connectivity index (χ3n) is 2.28. The van der Waals surface area contributed by atoms with E-state index in [1.54, 1.807) is 6.07 Å². The van der Waals surface area contributed by atoms with Crippen LogP contribution in [0.15, 0.2) is 17.0 Å². The molecule has 100 valence electrons. The van der Waals surface area contributed by atoms with Gasteiger partial charge in [0.05, 0.1) is 4.90 Å². The molecule has 1 rings (SSSR count). The fourth-order valence-corrected chi connectivity index (χ4v) is 2.30. The number of carboxylic acids is 1. The standard InChI is InChI=1S/C11H16N2O4S/c12-2-1-6-3-8(14)10(15)9(4-6)18-5-7(13)11(16)17/h3-4,7,14-15H,1-2,5,12-13H2,(H,16,17)/t7-/m0/s1. The molecule has 7 heteroatoms. The molecule has 6 nitrogen and oxygen atoms in total. The zero-order valence-electron chi connectivity index (χ0n) is 9.67. The van der Waals surface area contributed by atoms with E-state index in [1.165, 1.54) is 6.07 Å². The van der Waals surface area contributed by atoms with E-state index in [9.17, 15) is 15.0 Å². The number of thioether (sulfide) groups is 1. The van der Waals surface area contributed by atoms with Crippen LogP contribution in [0, 0.1) is 0 Å². The first-order chi connectivity index (χ1) is 8.45. The van der Waals surface area contributed by atoms with Crippen molar-refractivity contribution in [2.24, 2.45) is 11.5 Å². The third kappa shape index (κ3) is 3.80. The van der Waals surface area contributed by atoms with E-state index in [0.29, 0.717) is 17.9 Å². The molecule has 0 unspecified atom stereocenters. The molecule has 0 aliphatic rings. The number of aromatic hydroxyl groups is 2. The average molecular weight is 272 g/mol. The van der Waals surface area contributed by atoms with Gasteiger partial charge in [0.25, 0.3) is 0 Å². The maximum Gasteiger partial charge on any atom is 0.321 e. The summed E-state index contributed by atoms with van der Waals surface area (Å²) in [7, 11) is 0. The topological polar surface area (TPSA) is 130 Å². The first-order valence-corrected chi connectivity index (χ1v) is 6.30. The summed E-state index contributed by atoms with van der Waals surface area (Å²) in [4.78, 5) is 11.0. The molecule has 1 atom stereocenters. The Hall–Kier alpha value is -1.44. The van der Waals surface area contributed by atoms with Gasteiger partial charge in [0, 0.05) is 5.75 Å². The highest BCUT2D eigenvalue weighted by Crippen LogP contribution is 2.37. The van der Waals surface area contributed by atoms with Gasteiger partial charge in [-0.2, -0.15) is 0 Å². The lowest BCUT2D eigenvalue weighted by molar-refractivity contribution is -0.137. The van der Waals surface area contributed by atoms with Gasteiger partial charge in [0.15, 0.2) is 11.5 Å². The summed E-state index contributed by atoms with van der Waals surface area (Å²) in [6, 6.07) is 2.08. The Morgan fingerprint density at radius 2 is 2.06 bits per heavy atom. The zero-order chi connectivity index (χ0) is 13.7. The fraction of sp³-hybridized carbons (Fsp3) is 0.364. The van der Waals surface area contributed by atoms with Crippen molar-refractivity contribution < 1.29 is 20.1 Å². The van der Waals surface area contributed by atoms with Crippen molar-refractivity contribution in [3.05, 3.63) is 17.7 Å². The highest BCUT2D eigenvalue weighted by molar-refractivity contribution is 7.99. The van der Waals surface area contributed by atoms with E-state index in [-0.39, 0.29) is 17.3 Å². The van der Waals surface area contributed by atoms with Gasteiger partial charge in [-0.15, -0.1) is 11.8 Å². The summed E-state index contributed by atoms with van der Waals surface area (Å²) >= 11 is 1.08. The Balaban J connectivity index is 2.83. The predicted octanol–water partition coefficient (Wildman–Crippen LogP) is 0.103. The largest absolute Gasteiger partial charge is 0.504 e. The summed E-state index contributed by atoms with van der Waals surface area (Å²) in [5.74, 6) is -1.51. The number of benzene rings is 1. The molecule has 0 radical (unpaired) electrons.